The summed E-state index contributed by atoms with van der Waals surface area (Å²) in [6.45, 7) is 10.2. The summed E-state index contributed by atoms with van der Waals surface area (Å²) in [7, 11) is 0. The van der Waals surface area contributed by atoms with E-state index in [1.165, 1.54) is 6.42 Å². The molecule has 23 heavy (non-hydrogen) atoms. The van der Waals surface area contributed by atoms with Gasteiger partial charge in [0.15, 0.2) is 5.96 Å². The van der Waals surface area contributed by atoms with E-state index in [-0.39, 0.29) is 12.5 Å². The van der Waals surface area contributed by atoms with E-state index in [2.05, 4.69) is 20.5 Å². The number of guanidine groups is 1. The van der Waals surface area contributed by atoms with Crippen molar-refractivity contribution in [1.29, 1.82) is 0 Å². The lowest BCUT2D eigenvalue weighted by Crippen LogP contribution is -2.45. The van der Waals surface area contributed by atoms with Crippen LogP contribution in [0.1, 0.15) is 26.2 Å². The number of hydrogen-bond acceptors (Lipinski definition) is 4. The predicted octanol–water partition coefficient (Wildman–Crippen LogP) is -0.114. The molecule has 2 heterocycles. The summed E-state index contributed by atoms with van der Waals surface area (Å²) >= 11 is 0. The third-order valence-electron chi connectivity index (χ3n) is 4.25. The van der Waals surface area contributed by atoms with E-state index in [4.69, 9.17) is 4.74 Å². The van der Waals surface area contributed by atoms with Crippen LogP contribution in [0.25, 0.3) is 0 Å². The average Bonchev–Trinajstić information content (AvgIpc) is 2.61. The second kappa shape index (κ2) is 10.4. The van der Waals surface area contributed by atoms with Gasteiger partial charge < -0.3 is 20.3 Å². The number of ether oxygens (including phenoxy) is 1. The quantitative estimate of drug-likeness (QED) is 0.527. The smallest absolute Gasteiger partial charge is 0.244 e. The van der Waals surface area contributed by atoms with Gasteiger partial charge in [-0.15, -0.1) is 0 Å². The molecule has 2 aliphatic heterocycles. The molecular weight excluding hydrogens is 294 g/mol. The Balaban J connectivity index is 1.71. The molecule has 0 aliphatic carbocycles. The van der Waals surface area contributed by atoms with E-state index in [1.54, 1.807) is 0 Å². The average molecular weight is 325 g/mol. The van der Waals surface area contributed by atoms with Crippen molar-refractivity contribution in [3.8, 4) is 0 Å². The number of carbonyl (C=O) groups excluding carboxylic acids is 1. The molecule has 2 fully saturated rings. The fourth-order valence-corrected chi connectivity index (χ4v) is 2.89. The summed E-state index contributed by atoms with van der Waals surface area (Å²) in [5.41, 5.74) is 0. The molecule has 0 bridgehead atoms. The number of carbonyl (C=O) groups is 1. The van der Waals surface area contributed by atoms with Gasteiger partial charge >= 0.3 is 0 Å². The molecule has 2 N–H and O–H groups in total. The summed E-state index contributed by atoms with van der Waals surface area (Å²) in [6.07, 6.45) is 3.47. The monoisotopic (exact) mass is 325 g/mol. The molecule has 0 atom stereocenters. The van der Waals surface area contributed by atoms with Crippen LogP contribution >= 0.6 is 0 Å². The van der Waals surface area contributed by atoms with Crippen LogP contribution in [0, 0.1) is 0 Å². The highest BCUT2D eigenvalue weighted by atomic mass is 16.5. The van der Waals surface area contributed by atoms with Gasteiger partial charge in [-0.25, -0.2) is 4.99 Å². The van der Waals surface area contributed by atoms with Gasteiger partial charge in [-0.2, -0.15) is 0 Å². The van der Waals surface area contributed by atoms with Gasteiger partial charge in [-0.05, 0) is 26.2 Å². The van der Waals surface area contributed by atoms with Crippen LogP contribution in [-0.4, -0.2) is 87.2 Å². The van der Waals surface area contributed by atoms with E-state index in [0.29, 0.717) is 0 Å². The third-order valence-corrected chi connectivity index (χ3v) is 4.25. The van der Waals surface area contributed by atoms with Gasteiger partial charge in [-0.1, -0.05) is 0 Å². The number of nitrogens with zero attached hydrogens (tertiary/aromatic N) is 3. The number of morpholine rings is 1. The first kappa shape index (κ1) is 18.0. The van der Waals surface area contributed by atoms with Crippen LogP contribution < -0.4 is 10.6 Å². The summed E-state index contributed by atoms with van der Waals surface area (Å²) in [6, 6.07) is 0. The fraction of sp³-hybridized carbons (Fsp3) is 0.875. The molecule has 7 nitrogen and oxygen atoms in total. The zero-order valence-corrected chi connectivity index (χ0v) is 14.4. The first-order valence-electron chi connectivity index (χ1n) is 8.89. The van der Waals surface area contributed by atoms with Crippen LogP contribution in [-0.2, 0) is 9.53 Å². The highest BCUT2D eigenvalue weighted by Crippen LogP contribution is 2.08. The second-order valence-corrected chi connectivity index (χ2v) is 6.02. The van der Waals surface area contributed by atoms with Gasteiger partial charge in [0.05, 0.1) is 13.2 Å². The maximum atomic E-state index is 12.2. The van der Waals surface area contributed by atoms with Crippen molar-refractivity contribution < 1.29 is 9.53 Å². The molecule has 2 rings (SSSR count). The van der Waals surface area contributed by atoms with E-state index in [0.717, 1.165) is 77.8 Å². The molecule has 1 amide bonds. The van der Waals surface area contributed by atoms with E-state index in [9.17, 15) is 4.79 Å². The number of amides is 1. The van der Waals surface area contributed by atoms with Crippen molar-refractivity contribution in [3.05, 3.63) is 0 Å². The standard InChI is InChI=1S/C16H31N5O2/c1-2-17-16(18-6-9-20-10-12-23-13-11-20)19-14-15(22)21-7-4-3-5-8-21/h2-14H2,1H3,(H2,17,18,19). The highest BCUT2D eigenvalue weighted by Gasteiger charge is 2.16. The molecule has 0 saturated carbocycles. The number of piperidine rings is 1. The Bertz CT molecular complexity index is 377. The normalized spacial score (nSPS) is 20.4. The maximum absolute atomic E-state index is 12.2. The lowest BCUT2D eigenvalue weighted by atomic mass is 10.1. The Kier molecular flexibility index (Phi) is 8.17. The Morgan fingerprint density at radius 3 is 2.52 bits per heavy atom. The van der Waals surface area contributed by atoms with Gasteiger partial charge in [0.25, 0.3) is 0 Å². The molecule has 0 aromatic heterocycles. The molecule has 0 aromatic carbocycles. The topological polar surface area (TPSA) is 69.2 Å². The lowest BCUT2D eigenvalue weighted by molar-refractivity contribution is -0.130. The van der Waals surface area contributed by atoms with Crippen LogP contribution in [0.5, 0.6) is 0 Å². The van der Waals surface area contributed by atoms with Crippen LogP contribution in [0.2, 0.25) is 0 Å². The minimum Gasteiger partial charge on any atom is -0.379 e. The minimum absolute atomic E-state index is 0.134. The summed E-state index contributed by atoms with van der Waals surface area (Å²) in [4.78, 5) is 20.9. The van der Waals surface area contributed by atoms with Crippen LogP contribution in [0.4, 0.5) is 0 Å². The van der Waals surface area contributed by atoms with Gasteiger partial charge in [0.1, 0.15) is 6.54 Å². The Labute approximate surface area is 139 Å². The van der Waals surface area contributed by atoms with E-state index < -0.39 is 0 Å². The van der Waals surface area contributed by atoms with Crippen molar-refractivity contribution in [2.75, 3.05) is 65.6 Å². The largest absolute Gasteiger partial charge is 0.379 e. The maximum Gasteiger partial charge on any atom is 0.244 e. The van der Waals surface area contributed by atoms with Gasteiger partial charge in [0, 0.05) is 45.8 Å². The Hall–Kier alpha value is -1.34. The van der Waals surface area contributed by atoms with Crippen LogP contribution in [0.3, 0.4) is 0 Å². The molecule has 0 spiro atoms. The minimum atomic E-state index is 0.134. The number of aliphatic imine (C=N–C) groups is 1. The van der Waals surface area contributed by atoms with E-state index >= 15 is 0 Å². The molecular formula is C16H31N5O2. The summed E-state index contributed by atoms with van der Waals surface area (Å²) < 4.78 is 5.35. The molecule has 7 heteroatoms. The number of rotatable bonds is 6. The lowest BCUT2D eigenvalue weighted by Gasteiger charge is -2.27. The molecule has 2 saturated heterocycles. The van der Waals surface area contributed by atoms with Gasteiger partial charge in [-0.3, -0.25) is 9.69 Å². The molecule has 2 aliphatic rings. The number of nitrogens with one attached hydrogen (secondary N) is 2. The molecule has 0 radical (unpaired) electrons. The van der Waals surface area contributed by atoms with Crippen molar-refractivity contribution in [3.63, 3.8) is 0 Å². The zero-order chi connectivity index (χ0) is 16.3. The highest BCUT2D eigenvalue weighted by molar-refractivity contribution is 5.85. The van der Waals surface area contributed by atoms with Crippen molar-refractivity contribution in [2.24, 2.45) is 4.99 Å². The first-order chi connectivity index (χ1) is 11.3. The summed E-state index contributed by atoms with van der Waals surface area (Å²) in [5.74, 6) is 0.862. The molecule has 0 unspecified atom stereocenters. The van der Waals surface area contributed by atoms with Crippen molar-refractivity contribution >= 4 is 11.9 Å². The molecule has 0 aromatic rings. The zero-order valence-electron chi connectivity index (χ0n) is 14.4. The summed E-state index contributed by atoms with van der Waals surface area (Å²) in [5, 5.41) is 6.52. The van der Waals surface area contributed by atoms with Gasteiger partial charge in [0.2, 0.25) is 5.91 Å². The Morgan fingerprint density at radius 2 is 1.83 bits per heavy atom. The number of hydrogen-bond donors (Lipinski definition) is 2. The van der Waals surface area contributed by atoms with Crippen molar-refractivity contribution in [1.82, 2.24) is 20.4 Å². The SMILES string of the molecule is CCNC(=NCC(=O)N1CCCCC1)NCCN1CCOCC1. The van der Waals surface area contributed by atoms with Crippen LogP contribution in [0.15, 0.2) is 4.99 Å². The first-order valence-corrected chi connectivity index (χ1v) is 8.89. The van der Waals surface area contributed by atoms with Crippen molar-refractivity contribution in [2.45, 2.75) is 26.2 Å². The number of likely N-dealkylation sites (tertiary alicyclic amines) is 1. The Morgan fingerprint density at radius 1 is 1.09 bits per heavy atom. The van der Waals surface area contributed by atoms with E-state index in [1.807, 2.05) is 11.8 Å². The predicted molar refractivity (Wildman–Crippen MR) is 91.7 cm³/mol. The second-order valence-electron chi connectivity index (χ2n) is 6.02. The fourth-order valence-electron chi connectivity index (χ4n) is 2.89. The third kappa shape index (κ3) is 6.74. The molecule has 132 valence electrons.